The Labute approximate surface area is 121 Å². The minimum atomic E-state index is -4.46. The van der Waals surface area contributed by atoms with E-state index in [1.807, 2.05) is 6.92 Å². The van der Waals surface area contributed by atoms with Crippen LogP contribution in [0.1, 0.15) is 32.4 Å². The third-order valence-electron chi connectivity index (χ3n) is 3.17. The van der Waals surface area contributed by atoms with Crippen molar-refractivity contribution < 1.29 is 22.7 Å². The number of alkyl halides is 3. The van der Waals surface area contributed by atoms with Gasteiger partial charge < -0.3 is 10.1 Å². The topological polar surface area (TPSA) is 56.2 Å². The first-order chi connectivity index (χ1) is 9.73. The molecule has 0 aliphatic heterocycles. The number of nitrogens with one attached hydrogen (secondary N) is 1. The molecule has 1 N–H and O–H groups in total. The molecule has 21 heavy (non-hydrogen) atoms. The van der Waals surface area contributed by atoms with Crippen LogP contribution in [-0.2, 0) is 22.3 Å². The van der Waals surface area contributed by atoms with Gasteiger partial charge in [-0.05, 0) is 32.4 Å². The molecule has 1 heterocycles. The third kappa shape index (κ3) is 4.73. The highest BCUT2D eigenvalue weighted by Crippen LogP contribution is 2.27. The van der Waals surface area contributed by atoms with Crippen LogP contribution in [0.4, 0.5) is 13.2 Å². The van der Waals surface area contributed by atoms with Crippen molar-refractivity contribution in [1.29, 1.82) is 0 Å². The molecule has 0 saturated heterocycles. The second-order valence-electron chi connectivity index (χ2n) is 4.96. The van der Waals surface area contributed by atoms with Crippen molar-refractivity contribution in [1.82, 2.24) is 15.1 Å². The second-order valence-corrected chi connectivity index (χ2v) is 4.96. The van der Waals surface area contributed by atoms with E-state index in [1.165, 1.54) is 18.0 Å². The molecule has 1 atom stereocenters. The number of aromatic nitrogens is 2. The highest BCUT2D eigenvalue weighted by molar-refractivity contribution is 5.80. The van der Waals surface area contributed by atoms with Gasteiger partial charge in [-0.15, -0.1) is 0 Å². The molecule has 0 radical (unpaired) electrons. The number of esters is 1. The van der Waals surface area contributed by atoms with Crippen molar-refractivity contribution in [2.45, 2.75) is 44.9 Å². The van der Waals surface area contributed by atoms with Gasteiger partial charge in [0.2, 0.25) is 0 Å². The van der Waals surface area contributed by atoms with Gasteiger partial charge in [0.1, 0.15) is 5.54 Å². The molecule has 1 aromatic heterocycles. The number of nitrogens with zero attached hydrogens (tertiary/aromatic N) is 2. The van der Waals surface area contributed by atoms with E-state index < -0.39 is 23.4 Å². The van der Waals surface area contributed by atoms with Crippen LogP contribution in [0.25, 0.3) is 0 Å². The number of methoxy groups -OCH3 is 1. The first-order valence-corrected chi connectivity index (χ1v) is 6.67. The van der Waals surface area contributed by atoms with E-state index in [-0.39, 0.29) is 13.0 Å². The number of carbonyl (C=O) groups excluding carboxylic acids is 1. The fraction of sp³-hybridized carbons (Fsp3) is 0.692. The van der Waals surface area contributed by atoms with Crippen LogP contribution in [0.3, 0.4) is 0 Å². The molecule has 120 valence electrons. The summed E-state index contributed by atoms with van der Waals surface area (Å²) in [6.07, 6.45) is -2.11. The van der Waals surface area contributed by atoms with Gasteiger partial charge in [0.15, 0.2) is 5.69 Å². The minimum Gasteiger partial charge on any atom is -0.468 e. The number of ether oxygens (including phenoxy) is 1. The van der Waals surface area contributed by atoms with Crippen molar-refractivity contribution in [3.8, 4) is 0 Å². The molecule has 0 aromatic carbocycles. The minimum absolute atomic E-state index is 0.179. The number of carbonyl (C=O) groups is 1. The van der Waals surface area contributed by atoms with Gasteiger partial charge in [-0.3, -0.25) is 9.48 Å². The predicted octanol–water partition coefficient (Wildman–Crippen LogP) is 2.22. The lowest BCUT2D eigenvalue weighted by Gasteiger charge is -2.27. The first-order valence-electron chi connectivity index (χ1n) is 6.67. The molecule has 0 aliphatic rings. The maximum absolute atomic E-state index is 12.5. The summed E-state index contributed by atoms with van der Waals surface area (Å²) in [5.41, 5.74) is -1.89. The lowest BCUT2D eigenvalue weighted by Crippen LogP contribution is -2.51. The van der Waals surface area contributed by atoms with Crippen LogP contribution in [0, 0.1) is 0 Å². The van der Waals surface area contributed by atoms with Gasteiger partial charge in [-0.2, -0.15) is 18.3 Å². The zero-order valence-corrected chi connectivity index (χ0v) is 12.3. The Morgan fingerprint density at radius 2 is 2.14 bits per heavy atom. The summed E-state index contributed by atoms with van der Waals surface area (Å²) in [5, 5.41) is 6.53. The summed E-state index contributed by atoms with van der Waals surface area (Å²) >= 11 is 0. The first kappa shape index (κ1) is 17.5. The van der Waals surface area contributed by atoms with Crippen molar-refractivity contribution in [2.75, 3.05) is 13.7 Å². The molecule has 0 aliphatic carbocycles. The van der Waals surface area contributed by atoms with Gasteiger partial charge in [0.25, 0.3) is 0 Å². The Morgan fingerprint density at radius 1 is 1.48 bits per heavy atom. The molecular weight excluding hydrogens is 287 g/mol. The van der Waals surface area contributed by atoms with Crippen LogP contribution >= 0.6 is 0 Å². The maximum atomic E-state index is 12.5. The maximum Gasteiger partial charge on any atom is 0.435 e. The Hall–Kier alpha value is -1.57. The average Bonchev–Trinajstić information content (AvgIpc) is 2.91. The van der Waals surface area contributed by atoms with Gasteiger partial charge >= 0.3 is 12.1 Å². The Balaban J connectivity index is 2.73. The van der Waals surface area contributed by atoms with E-state index in [2.05, 4.69) is 10.4 Å². The average molecular weight is 307 g/mol. The molecule has 0 spiro atoms. The van der Waals surface area contributed by atoms with E-state index in [1.54, 1.807) is 6.92 Å². The largest absolute Gasteiger partial charge is 0.468 e. The summed E-state index contributed by atoms with van der Waals surface area (Å²) < 4.78 is 43.3. The van der Waals surface area contributed by atoms with Crippen LogP contribution in [-0.4, -0.2) is 34.9 Å². The van der Waals surface area contributed by atoms with E-state index in [4.69, 9.17) is 4.74 Å². The number of rotatable bonds is 7. The summed E-state index contributed by atoms with van der Waals surface area (Å²) in [4.78, 5) is 11.8. The van der Waals surface area contributed by atoms with Crippen molar-refractivity contribution in [3.05, 3.63) is 18.0 Å². The van der Waals surface area contributed by atoms with Gasteiger partial charge in [-0.1, -0.05) is 6.92 Å². The number of hydrogen-bond acceptors (Lipinski definition) is 4. The highest BCUT2D eigenvalue weighted by Gasteiger charge is 2.35. The van der Waals surface area contributed by atoms with Crippen LogP contribution in [0.2, 0.25) is 0 Å². The van der Waals surface area contributed by atoms with E-state index in [0.29, 0.717) is 6.54 Å². The van der Waals surface area contributed by atoms with Crippen molar-refractivity contribution in [3.63, 3.8) is 0 Å². The monoisotopic (exact) mass is 307 g/mol. The predicted molar refractivity (Wildman–Crippen MR) is 70.6 cm³/mol. The molecule has 1 rings (SSSR count). The van der Waals surface area contributed by atoms with E-state index in [9.17, 15) is 18.0 Å². The van der Waals surface area contributed by atoms with E-state index in [0.717, 1.165) is 12.5 Å². The van der Waals surface area contributed by atoms with Crippen LogP contribution in [0.15, 0.2) is 12.3 Å². The van der Waals surface area contributed by atoms with Crippen LogP contribution < -0.4 is 5.32 Å². The van der Waals surface area contributed by atoms with Gasteiger partial charge in [-0.25, -0.2) is 0 Å². The molecule has 1 aromatic rings. The number of aryl methyl sites for hydroxylation is 1. The second kappa shape index (κ2) is 6.93. The van der Waals surface area contributed by atoms with Crippen molar-refractivity contribution >= 4 is 5.97 Å². The molecule has 0 saturated carbocycles. The quantitative estimate of drug-likeness (QED) is 0.785. The Kier molecular flexibility index (Phi) is 5.77. The van der Waals surface area contributed by atoms with Crippen LogP contribution in [0.5, 0.6) is 0 Å². The zero-order valence-electron chi connectivity index (χ0n) is 12.3. The number of hydrogen-bond donors (Lipinski definition) is 1. The molecule has 0 amide bonds. The normalized spacial score (nSPS) is 14.8. The van der Waals surface area contributed by atoms with Crippen molar-refractivity contribution in [2.24, 2.45) is 0 Å². The number of halogens is 3. The molecule has 0 bridgehead atoms. The standard InChI is InChI=1S/C13H20F3N3O2/c1-4-7-17-12(2,11(20)21-3)6-9-19-8-5-10(18-19)13(14,15)16/h5,8,17H,4,6-7,9H2,1-3H3. The van der Waals surface area contributed by atoms with Gasteiger partial charge in [0.05, 0.1) is 7.11 Å². The van der Waals surface area contributed by atoms with E-state index >= 15 is 0 Å². The highest BCUT2D eigenvalue weighted by atomic mass is 19.4. The Morgan fingerprint density at radius 3 is 2.62 bits per heavy atom. The lowest BCUT2D eigenvalue weighted by molar-refractivity contribution is -0.148. The fourth-order valence-electron chi connectivity index (χ4n) is 1.86. The smallest absolute Gasteiger partial charge is 0.435 e. The summed E-state index contributed by atoms with van der Waals surface area (Å²) in [5.74, 6) is -0.445. The summed E-state index contributed by atoms with van der Waals surface area (Å²) in [6.45, 7) is 4.41. The third-order valence-corrected chi connectivity index (χ3v) is 3.17. The molecular formula is C13H20F3N3O2. The lowest BCUT2D eigenvalue weighted by atomic mass is 9.97. The molecule has 8 heteroatoms. The zero-order chi connectivity index (χ0) is 16.1. The van der Waals surface area contributed by atoms with Gasteiger partial charge in [0, 0.05) is 12.7 Å². The molecule has 1 unspecified atom stereocenters. The fourth-order valence-corrected chi connectivity index (χ4v) is 1.86. The SMILES string of the molecule is CCCNC(C)(CCn1ccc(C(F)(F)F)n1)C(=O)OC. The summed E-state index contributed by atoms with van der Waals surface area (Å²) in [6, 6.07) is 0.912. The summed E-state index contributed by atoms with van der Waals surface area (Å²) in [7, 11) is 1.28. The Bertz CT molecular complexity index is 473. The molecule has 0 fully saturated rings. The molecule has 5 nitrogen and oxygen atoms in total.